The molecule has 2 N–H and O–H groups in total. The molecule has 64 valence electrons. The van der Waals surface area contributed by atoms with E-state index in [2.05, 4.69) is 15.9 Å². The average Bonchev–Trinajstić information content (AvgIpc) is 2.04. The van der Waals surface area contributed by atoms with Gasteiger partial charge >= 0.3 is 7.12 Å². The SMILES string of the molecule is CSc1ccc(Br)cc1B(O)O. The molecule has 0 unspecified atom stereocenters. The first-order valence-corrected chi connectivity index (χ1v) is 5.36. The molecule has 2 nitrogen and oxygen atoms in total. The van der Waals surface area contributed by atoms with E-state index in [1.165, 1.54) is 11.8 Å². The summed E-state index contributed by atoms with van der Waals surface area (Å²) in [6.07, 6.45) is 1.90. The first-order chi connectivity index (χ1) is 5.65. The third kappa shape index (κ3) is 2.26. The van der Waals surface area contributed by atoms with Crippen molar-refractivity contribution in [2.45, 2.75) is 4.90 Å². The molecule has 0 atom stereocenters. The highest BCUT2D eigenvalue weighted by atomic mass is 79.9. The van der Waals surface area contributed by atoms with E-state index in [-0.39, 0.29) is 0 Å². The minimum Gasteiger partial charge on any atom is -0.423 e. The molecular weight excluding hydrogens is 239 g/mol. The first kappa shape index (κ1) is 10.1. The number of benzene rings is 1. The van der Waals surface area contributed by atoms with Crippen LogP contribution in [-0.2, 0) is 0 Å². The summed E-state index contributed by atoms with van der Waals surface area (Å²) in [7, 11) is -1.40. The standard InChI is InChI=1S/C7H8BBrO2S/c1-12-7-3-2-5(9)4-6(7)8(10)11/h2-4,10-11H,1H3. The molecule has 0 aliphatic heterocycles. The van der Waals surface area contributed by atoms with Gasteiger partial charge in [0.15, 0.2) is 0 Å². The van der Waals surface area contributed by atoms with Crippen molar-refractivity contribution < 1.29 is 10.0 Å². The normalized spacial score (nSPS) is 10.0. The summed E-state index contributed by atoms with van der Waals surface area (Å²) in [6.45, 7) is 0. The maximum absolute atomic E-state index is 8.98. The van der Waals surface area contributed by atoms with Crippen LogP contribution in [0.3, 0.4) is 0 Å². The summed E-state index contributed by atoms with van der Waals surface area (Å²) in [5, 5.41) is 18.0. The van der Waals surface area contributed by atoms with Crippen molar-refractivity contribution in [1.29, 1.82) is 0 Å². The predicted octanol–water partition coefficient (Wildman–Crippen LogP) is 0.851. The number of thioether (sulfide) groups is 1. The van der Waals surface area contributed by atoms with Gasteiger partial charge in [0.1, 0.15) is 0 Å². The zero-order valence-corrected chi connectivity index (χ0v) is 8.89. The first-order valence-electron chi connectivity index (χ1n) is 3.34. The second-order valence-electron chi connectivity index (χ2n) is 2.26. The van der Waals surface area contributed by atoms with Crippen LogP contribution >= 0.6 is 27.7 Å². The fourth-order valence-electron chi connectivity index (χ4n) is 0.907. The van der Waals surface area contributed by atoms with Crippen LogP contribution < -0.4 is 5.46 Å². The minimum absolute atomic E-state index is 0.539. The summed E-state index contributed by atoms with van der Waals surface area (Å²) in [6, 6.07) is 5.43. The Morgan fingerprint density at radius 2 is 2.08 bits per heavy atom. The molecule has 12 heavy (non-hydrogen) atoms. The van der Waals surface area contributed by atoms with Crippen molar-refractivity contribution in [3.05, 3.63) is 22.7 Å². The Bertz CT molecular complexity index is 280. The second kappa shape index (κ2) is 4.32. The Labute approximate surface area is 84.3 Å². The molecule has 0 saturated heterocycles. The number of halogens is 1. The second-order valence-corrected chi connectivity index (χ2v) is 4.02. The van der Waals surface area contributed by atoms with Gasteiger partial charge in [-0.15, -0.1) is 11.8 Å². The summed E-state index contributed by atoms with van der Waals surface area (Å²) in [5.74, 6) is 0. The summed E-state index contributed by atoms with van der Waals surface area (Å²) >= 11 is 4.75. The van der Waals surface area contributed by atoms with Crippen molar-refractivity contribution in [3.63, 3.8) is 0 Å². The highest BCUT2D eigenvalue weighted by Gasteiger charge is 2.15. The zero-order valence-electron chi connectivity index (χ0n) is 6.49. The molecule has 0 bridgehead atoms. The van der Waals surface area contributed by atoms with Crippen LogP contribution in [0.25, 0.3) is 0 Å². The van der Waals surface area contributed by atoms with Crippen LogP contribution in [0.1, 0.15) is 0 Å². The fourth-order valence-corrected chi connectivity index (χ4v) is 1.89. The van der Waals surface area contributed by atoms with Gasteiger partial charge in [0.2, 0.25) is 0 Å². The molecule has 0 amide bonds. The fraction of sp³-hybridized carbons (Fsp3) is 0.143. The lowest BCUT2D eigenvalue weighted by Gasteiger charge is -2.05. The summed E-state index contributed by atoms with van der Waals surface area (Å²) < 4.78 is 0.850. The van der Waals surface area contributed by atoms with E-state index in [0.29, 0.717) is 5.46 Å². The van der Waals surface area contributed by atoms with Gasteiger partial charge in [-0.1, -0.05) is 15.9 Å². The van der Waals surface area contributed by atoms with Crippen molar-refractivity contribution in [3.8, 4) is 0 Å². The molecule has 0 heterocycles. The smallest absolute Gasteiger partial charge is 0.423 e. The Hall–Kier alpha value is 0.0349. The van der Waals surface area contributed by atoms with Gasteiger partial charge in [-0.3, -0.25) is 0 Å². The number of hydrogen-bond donors (Lipinski definition) is 2. The van der Waals surface area contributed by atoms with E-state index in [9.17, 15) is 0 Å². The van der Waals surface area contributed by atoms with Gasteiger partial charge in [-0.05, 0) is 29.9 Å². The lowest BCUT2D eigenvalue weighted by atomic mass is 9.80. The maximum Gasteiger partial charge on any atom is 0.489 e. The molecule has 0 aliphatic rings. The molecule has 0 aliphatic carbocycles. The van der Waals surface area contributed by atoms with Gasteiger partial charge in [0, 0.05) is 9.37 Å². The minimum atomic E-state index is -1.40. The van der Waals surface area contributed by atoms with Crippen LogP contribution in [0.15, 0.2) is 27.6 Å². The Morgan fingerprint density at radius 3 is 2.58 bits per heavy atom. The van der Waals surface area contributed by atoms with E-state index in [4.69, 9.17) is 10.0 Å². The van der Waals surface area contributed by atoms with Crippen molar-refractivity contribution in [2.75, 3.05) is 6.26 Å². The van der Waals surface area contributed by atoms with Gasteiger partial charge in [-0.2, -0.15) is 0 Å². The van der Waals surface area contributed by atoms with Crippen LogP contribution in [0.4, 0.5) is 0 Å². The van der Waals surface area contributed by atoms with Gasteiger partial charge in [0.05, 0.1) is 0 Å². The van der Waals surface area contributed by atoms with Crippen LogP contribution in [0, 0.1) is 0 Å². The van der Waals surface area contributed by atoms with E-state index in [1.54, 1.807) is 6.07 Å². The third-order valence-corrected chi connectivity index (χ3v) is 2.77. The highest BCUT2D eigenvalue weighted by molar-refractivity contribution is 9.10. The number of rotatable bonds is 2. The maximum atomic E-state index is 8.98. The summed E-state index contributed by atoms with van der Waals surface area (Å²) in [4.78, 5) is 0.883. The quantitative estimate of drug-likeness (QED) is 0.601. The van der Waals surface area contributed by atoms with Crippen molar-refractivity contribution >= 4 is 40.3 Å². The monoisotopic (exact) mass is 246 g/mol. The molecule has 0 aromatic heterocycles. The Kier molecular flexibility index (Phi) is 3.64. The Balaban J connectivity index is 3.12. The lowest BCUT2D eigenvalue weighted by molar-refractivity contribution is 0.425. The molecule has 0 saturated carbocycles. The van der Waals surface area contributed by atoms with Gasteiger partial charge < -0.3 is 10.0 Å². The van der Waals surface area contributed by atoms with Crippen LogP contribution in [0.2, 0.25) is 0 Å². The molecule has 5 heteroatoms. The molecule has 0 radical (unpaired) electrons. The van der Waals surface area contributed by atoms with Crippen LogP contribution in [0.5, 0.6) is 0 Å². The lowest BCUT2D eigenvalue weighted by Crippen LogP contribution is -2.31. The van der Waals surface area contributed by atoms with Gasteiger partial charge in [0.25, 0.3) is 0 Å². The Morgan fingerprint density at radius 1 is 1.42 bits per heavy atom. The van der Waals surface area contributed by atoms with E-state index < -0.39 is 7.12 Å². The molecule has 1 rings (SSSR count). The molecule has 0 fully saturated rings. The molecule has 0 spiro atoms. The number of hydrogen-bond acceptors (Lipinski definition) is 3. The van der Waals surface area contributed by atoms with E-state index >= 15 is 0 Å². The van der Waals surface area contributed by atoms with Crippen LogP contribution in [-0.4, -0.2) is 23.4 Å². The molecule has 1 aromatic carbocycles. The zero-order chi connectivity index (χ0) is 9.14. The average molecular weight is 247 g/mol. The molecule has 1 aromatic rings. The highest BCUT2D eigenvalue weighted by Crippen LogP contribution is 2.16. The topological polar surface area (TPSA) is 40.5 Å². The van der Waals surface area contributed by atoms with Crippen molar-refractivity contribution in [1.82, 2.24) is 0 Å². The van der Waals surface area contributed by atoms with E-state index in [1.807, 2.05) is 18.4 Å². The van der Waals surface area contributed by atoms with Crippen molar-refractivity contribution in [2.24, 2.45) is 0 Å². The van der Waals surface area contributed by atoms with E-state index in [0.717, 1.165) is 9.37 Å². The summed E-state index contributed by atoms with van der Waals surface area (Å²) in [5.41, 5.74) is 0.539. The third-order valence-electron chi connectivity index (χ3n) is 1.47. The molecular formula is C7H8BBrO2S. The predicted molar refractivity (Wildman–Crippen MR) is 55.7 cm³/mol. The van der Waals surface area contributed by atoms with Gasteiger partial charge in [-0.25, -0.2) is 0 Å². The largest absolute Gasteiger partial charge is 0.489 e.